The number of hydrogen-bond donors (Lipinski definition) is 1. The summed E-state index contributed by atoms with van der Waals surface area (Å²) in [6.07, 6.45) is 0. The summed E-state index contributed by atoms with van der Waals surface area (Å²) in [5, 5.41) is 9.83. The van der Waals surface area contributed by atoms with E-state index >= 15 is 0 Å². The molecule has 0 fully saturated rings. The Kier molecular flexibility index (Phi) is 8.00. The van der Waals surface area contributed by atoms with Gasteiger partial charge >= 0.3 is 0 Å². The van der Waals surface area contributed by atoms with Crippen LogP contribution >= 0.6 is 0 Å². The average Bonchev–Trinajstić information content (AvgIpc) is 3.90. The van der Waals surface area contributed by atoms with Crippen LogP contribution in [-0.4, -0.2) is 4.57 Å². The fourth-order valence-electron chi connectivity index (χ4n) is 9.53. The van der Waals surface area contributed by atoms with Gasteiger partial charge in [-0.1, -0.05) is 152 Å². The monoisotopic (exact) mass is 765 g/mol. The standard InChI is InChI=1S/C57H39N3/c1-5-16-38(17-6-1)43-30-44(39-18-7-2-8-19-39)32-45(31-43)41-23-15-26-48(33-41)59-53-29-28-50-51(40-20-9-3-10-21-40)34-42-22-13-14-27-49(42)56(50)57(53)52-35-46-37-58-60(54(46)36-55(52)59)47-24-11-4-12-25-47/h1-36,58H,37H2. The van der Waals surface area contributed by atoms with Crippen LogP contribution in [0.5, 0.6) is 0 Å². The maximum absolute atomic E-state index is 3.70. The van der Waals surface area contributed by atoms with Crippen LogP contribution < -0.4 is 10.4 Å². The van der Waals surface area contributed by atoms with Gasteiger partial charge in [0.2, 0.25) is 0 Å². The molecule has 0 radical (unpaired) electrons. The molecule has 0 spiro atoms. The summed E-state index contributed by atoms with van der Waals surface area (Å²) in [6.45, 7) is 0.755. The predicted molar refractivity (Wildman–Crippen MR) is 253 cm³/mol. The number of benzene rings is 10. The first-order chi connectivity index (χ1) is 29.7. The van der Waals surface area contributed by atoms with E-state index in [4.69, 9.17) is 0 Å². The van der Waals surface area contributed by atoms with Crippen LogP contribution in [0, 0.1) is 0 Å². The minimum Gasteiger partial charge on any atom is -0.309 e. The highest BCUT2D eigenvalue weighted by atomic mass is 15.5. The molecular weight excluding hydrogens is 727 g/mol. The number of anilines is 2. The van der Waals surface area contributed by atoms with Gasteiger partial charge in [0.15, 0.2) is 0 Å². The molecule has 1 aliphatic heterocycles. The summed E-state index contributed by atoms with van der Waals surface area (Å²) in [4.78, 5) is 0. The fraction of sp³-hybridized carbons (Fsp3) is 0.0175. The number of nitrogens with one attached hydrogen (secondary N) is 1. The van der Waals surface area contributed by atoms with Gasteiger partial charge in [-0.3, -0.25) is 5.01 Å². The van der Waals surface area contributed by atoms with Crippen LogP contribution in [-0.2, 0) is 6.54 Å². The Hall–Kier alpha value is -7.72. The average molecular weight is 766 g/mol. The molecule has 0 aliphatic carbocycles. The van der Waals surface area contributed by atoms with Gasteiger partial charge in [0.05, 0.1) is 22.4 Å². The van der Waals surface area contributed by atoms with E-state index in [0.717, 1.165) is 17.9 Å². The maximum atomic E-state index is 3.70. The second-order valence-electron chi connectivity index (χ2n) is 15.8. The van der Waals surface area contributed by atoms with Crippen molar-refractivity contribution in [2.24, 2.45) is 0 Å². The lowest BCUT2D eigenvalue weighted by Crippen LogP contribution is -2.26. The lowest BCUT2D eigenvalue weighted by atomic mass is 9.91. The Bertz CT molecular complexity index is 3350. The van der Waals surface area contributed by atoms with Crippen LogP contribution in [0.3, 0.4) is 0 Å². The first kappa shape index (κ1) is 34.3. The summed E-state index contributed by atoms with van der Waals surface area (Å²) < 4.78 is 2.50. The molecule has 0 unspecified atom stereocenters. The van der Waals surface area contributed by atoms with Gasteiger partial charge in [0.25, 0.3) is 0 Å². The van der Waals surface area contributed by atoms with Crippen molar-refractivity contribution in [2.75, 3.05) is 5.01 Å². The normalized spacial score (nSPS) is 12.5. The molecule has 2 heterocycles. The van der Waals surface area contributed by atoms with Crippen LogP contribution in [0.15, 0.2) is 218 Å². The first-order valence-corrected chi connectivity index (χ1v) is 20.7. The summed E-state index contributed by atoms with van der Waals surface area (Å²) >= 11 is 0. The Morgan fingerprint density at radius 2 is 0.933 bits per heavy atom. The quantitative estimate of drug-likeness (QED) is 0.170. The first-order valence-electron chi connectivity index (χ1n) is 20.7. The molecule has 10 aromatic carbocycles. The molecule has 0 atom stereocenters. The van der Waals surface area contributed by atoms with Crippen molar-refractivity contribution in [3.8, 4) is 50.2 Å². The topological polar surface area (TPSA) is 20.2 Å². The zero-order chi connectivity index (χ0) is 39.6. The fourth-order valence-corrected chi connectivity index (χ4v) is 9.53. The van der Waals surface area contributed by atoms with Crippen LogP contribution in [0.1, 0.15) is 5.56 Å². The van der Waals surface area contributed by atoms with E-state index in [1.165, 1.54) is 99.1 Å². The lowest BCUT2D eigenvalue weighted by Gasteiger charge is -2.19. The highest BCUT2D eigenvalue weighted by Gasteiger charge is 2.26. The summed E-state index contributed by atoms with van der Waals surface area (Å²) in [7, 11) is 0. The van der Waals surface area contributed by atoms with Crippen LogP contribution in [0.25, 0.3) is 93.5 Å². The van der Waals surface area contributed by atoms with Crippen molar-refractivity contribution in [1.29, 1.82) is 0 Å². The highest BCUT2D eigenvalue weighted by molar-refractivity contribution is 6.30. The molecule has 11 aromatic rings. The van der Waals surface area contributed by atoms with Gasteiger partial charge in [-0.25, -0.2) is 5.43 Å². The number of fused-ring (bicyclic) bond motifs is 8. The molecule has 3 nitrogen and oxygen atoms in total. The third kappa shape index (κ3) is 5.63. The number of para-hydroxylation sites is 1. The van der Waals surface area contributed by atoms with E-state index in [1.807, 2.05) is 0 Å². The van der Waals surface area contributed by atoms with Crippen molar-refractivity contribution in [2.45, 2.75) is 6.54 Å². The molecule has 1 N–H and O–H groups in total. The Morgan fingerprint density at radius 1 is 0.350 bits per heavy atom. The number of aromatic nitrogens is 1. The van der Waals surface area contributed by atoms with Crippen molar-refractivity contribution in [1.82, 2.24) is 9.99 Å². The van der Waals surface area contributed by atoms with Crippen molar-refractivity contribution < 1.29 is 0 Å². The van der Waals surface area contributed by atoms with Gasteiger partial charge in [0, 0.05) is 28.4 Å². The molecule has 0 amide bonds. The van der Waals surface area contributed by atoms with Crippen LogP contribution in [0.4, 0.5) is 11.4 Å². The Balaban J connectivity index is 1.15. The zero-order valence-electron chi connectivity index (χ0n) is 32.9. The van der Waals surface area contributed by atoms with Crippen molar-refractivity contribution in [3.63, 3.8) is 0 Å². The van der Waals surface area contributed by atoms with Gasteiger partial charge in [-0.2, -0.15) is 0 Å². The molecule has 0 saturated carbocycles. The number of nitrogens with zero attached hydrogens (tertiary/aromatic N) is 2. The molecule has 12 rings (SSSR count). The van der Waals surface area contributed by atoms with E-state index in [1.54, 1.807) is 0 Å². The number of rotatable bonds is 6. The Morgan fingerprint density at radius 3 is 1.63 bits per heavy atom. The predicted octanol–water partition coefficient (Wildman–Crippen LogP) is 14.9. The second kappa shape index (κ2) is 14.0. The van der Waals surface area contributed by atoms with Crippen molar-refractivity contribution in [3.05, 3.63) is 224 Å². The van der Waals surface area contributed by atoms with E-state index < -0.39 is 0 Å². The highest BCUT2D eigenvalue weighted by Crippen LogP contribution is 2.46. The van der Waals surface area contributed by atoms with Gasteiger partial charge in [-0.15, -0.1) is 0 Å². The molecule has 1 aromatic heterocycles. The molecule has 0 bridgehead atoms. The largest absolute Gasteiger partial charge is 0.309 e. The van der Waals surface area contributed by atoms with E-state index in [-0.39, 0.29) is 0 Å². The summed E-state index contributed by atoms with van der Waals surface area (Å²) in [6, 6.07) is 79.8. The zero-order valence-corrected chi connectivity index (χ0v) is 32.9. The molecule has 0 saturated heterocycles. The molecule has 3 heteroatoms. The third-order valence-electron chi connectivity index (χ3n) is 12.3. The smallest absolute Gasteiger partial charge is 0.0644 e. The summed E-state index contributed by atoms with van der Waals surface area (Å²) in [5.74, 6) is 0. The maximum Gasteiger partial charge on any atom is 0.0644 e. The SMILES string of the molecule is c1ccc(-c2cc(-c3ccccc3)cc(-c3cccc(-n4c5cc6c(cc5c5c7c(ccc54)c(-c4ccccc4)cc4ccccc47)CNN6c4ccccc4)c3)c2)cc1. The Labute approximate surface area is 349 Å². The molecular formula is C57H39N3. The third-order valence-corrected chi connectivity index (χ3v) is 12.3. The minimum absolute atomic E-state index is 0.755. The molecule has 282 valence electrons. The summed E-state index contributed by atoms with van der Waals surface area (Å²) in [5.41, 5.74) is 20.4. The minimum atomic E-state index is 0.755. The van der Waals surface area contributed by atoms with E-state index in [2.05, 4.69) is 233 Å². The van der Waals surface area contributed by atoms with Gasteiger partial charge in [0.1, 0.15) is 0 Å². The lowest BCUT2D eigenvalue weighted by molar-refractivity contribution is 0.766. The van der Waals surface area contributed by atoms with Gasteiger partial charge in [-0.05, 0) is 133 Å². The van der Waals surface area contributed by atoms with E-state index in [9.17, 15) is 0 Å². The second-order valence-corrected chi connectivity index (χ2v) is 15.8. The van der Waals surface area contributed by atoms with Crippen molar-refractivity contribution >= 4 is 54.7 Å². The molecule has 60 heavy (non-hydrogen) atoms. The van der Waals surface area contributed by atoms with Crippen LogP contribution in [0.2, 0.25) is 0 Å². The van der Waals surface area contributed by atoms with Gasteiger partial charge < -0.3 is 4.57 Å². The number of hydrogen-bond acceptors (Lipinski definition) is 2. The number of hydrazine groups is 1. The van der Waals surface area contributed by atoms with E-state index in [0.29, 0.717) is 0 Å². The molecule has 1 aliphatic rings.